The lowest BCUT2D eigenvalue weighted by Gasteiger charge is -2.32. The second-order valence-electron chi connectivity index (χ2n) is 5.98. The third kappa shape index (κ3) is 5.25. The first kappa shape index (κ1) is 15.9. The van der Waals surface area contributed by atoms with E-state index in [0.717, 1.165) is 18.4 Å². The molecule has 0 aromatic rings. The van der Waals surface area contributed by atoms with Gasteiger partial charge in [-0.05, 0) is 58.4 Å². The number of piperidine rings is 1. The zero-order valence-corrected chi connectivity index (χ0v) is 12.8. The topological polar surface area (TPSA) is 27.3 Å². The van der Waals surface area contributed by atoms with Crippen molar-refractivity contribution in [3.05, 3.63) is 0 Å². The van der Waals surface area contributed by atoms with E-state index in [1.165, 1.54) is 45.3 Å². The van der Waals surface area contributed by atoms with Crippen LogP contribution >= 0.6 is 0 Å². The van der Waals surface area contributed by atoms with Gasteiger partial charge in [-0.15, -0.1) is 0 Å². The van der Waals surface area contributed by atoms with E-state index in [2.05, 4.69) is 43.5 Å². The molecule has 1 heterocycles. The second kappa shape index (κ2) is 8.89. The SMILES string of the molecule is CCC(CC)C(CNCC1CCCNC1)N(C)C. The summed E-state index contributed by atoms with van der Waals surface area (Å²) in [6, 6.07) is 0.677. The summed E-state index contributed by atoms with van der Waals surface area (Å²) in [5.41, 5.74) is 0. The van der Waals surface area contributed by atoms with Gasteiger partial charge in [-0.25, -0.2) is 0 Å². The first-order valence-electron chi connectivity index (χ1n) is 7.76. The van der Waals surface area contributed by atoms with Crippen LogP contribution in [0.25, 0.3) is 0 Å². The normalized spacial score (nSPS) is 22.7. The van der Waals surface area contributed by atoms with E-state index in [-0.39, 0.29) is 0 Å². The maximum Gasteiger partial charge on any atom is 0.0242 e. The van der Waals surface area contributed by atoms with Crippen LogP contribution in [0.2, 0.25) is 0 Å². The van der Waals surface area contributed by atoms with E-state index in [4.69, 9.17) is 0 Å². The predicted octanol–water partition coefficient (Wildman–Crippen LogP) is 1.94. The van der Waals surface area contributed by atoms with Gasteiger partial charge in [0, 0.05) is 12.6 Å². The van der Waals surface area contributed by atoms with Crippen LogP contribution in [-0.4, -0.2) is 51.2 Å². The van der Waals surface area contributed by atoms with Gasteiger partial charge >= 0.3 is 0 Å². The summed E-state index contributed by atoms with van der Waals surface area (Å²) in [5, 5.41) is 7.19. The molecule has 1 aliphatic heterocycles. The van der Waals surface area contributed by atoms with E-state index in [1.54, 1.807) is 0 Å². The molecule has 0 saturated carbocycles. The third-order valence-corrected chi connectivity index (χ3v) is 4.44. The predicted molar refractivity (Wildman–Crippen MR) is 80.0 cm³/mol. The second-order valence-corrected chi connectivity index (χ2v) is 5.98. The van der Waals surface area contributed by atoms with Crippen LogP contribution in [0, 0.1) is 11.8 Å². The summed E-state index contributed by atoms with van der Waals surface area (Å²) >= 11 is 0. The molecular formula is C15H33N3. The van der Waals surface area contributed by atoms with E-state index in [0.29, 0.717) is 6.04 Å². The zero-order chi connectivity index (χ0) is 13.4. The van der Waals surface area contributed by atoms with Gasteiger partial charge in [0.1, 0.15) is 0 Å². The highest BCUT2D eigenvalue weighted by Crippen LogP contribution is 2.16. The van der Waals surface area contributed by atoms with Crippen molar-refractivity contribution in [1.82, 2.24) is 15.5 Å². The molecule has 0 amide bonds. The molecule has 18 heavy (non-hydrogen) atoms. The van der Waals surface area contributed by atoms with Crippen LogP contribution in [0.4, 0.5) is 0 Å². The molecule has 0 radical (unpaired) electrons. The van der Waals surface area contributed by atoms with Crippen molar-refractivity contribution in [3.63, 3.8) is 0 Å². The number of likely N-dealkylation sites (N-methyl/N-ethyl adjacent to an activating group) is 1. The maximum absolute atomic E-state index is 3.70. The molecule has 2 unspecified atom stereocenters. The van der Waals surface area contributed by atoms with Gasteiger partial charge in [0.25, 0.3) is 0 Å². The van der Waals surface area contributed by atoms with Crippen LogP contribution in [0.5, 0.6) is 0 Å². The van der Waals surface area contributed by atoms with Crippen molar-refractivity contribution < 1.29 is 0 Å². The quantitative estimate of drug-likeness (QED) is 0.694. The molecule has 3 heteroatoms. The summed E-state index contributed by atoms with van der Waals surface area (Å²) in [4.78, 5) is 2.39. The Hall–Kier alpha value is -0.120. The Kier molecular flexibility index (Phi) is 7.87. The largest absolute Gasteiger partial charge is 0.316 e. The first-order valence-corrected chi connectivity index (χ1v) is 7.76. The lowest BCUT2D eigenvalue weighted by Crippen LogP contribution is -2.45. The van der Waals surface area contributed by atoms with Gasteiger partial charge in [0.2, 0.25) is 0 Å². The summed E-state index contributed by atoms with van der Waals surface area (Å²) < 4.78 is 0. The Balaban J connectivity index is 2.28. The molecule has 1 rings (SSSR count). The molecular weight excluding hydrogens is 222 g/mol. The van der Waals surface area contributed by atoms with Crippen LogP contribution < -0.4 is 10.6 Å². The number of hydrogen-bond donors (Lipinski definition) is 2. The smallest absolute Gasteiger partial charge is 0.0242 e. The molecule has 0 spiro atoms. The molecule has 0 aromatic heterocycles. The summed E-state index contributed by atoms with van der Waals surface area (Å²) in [6.07, 6.45) is 5.30. The highest BCUT2D eigenvalue weighted by atomic mass is 15.1. The van der Waals surface area contributed by atoms with Crippen molar-refractivity contribution in [2.45, 2.75) is 45.6 Å². The molecule has 2 N–H and O–H groups in total. The average molecular weight is 255 g/mol. The Morgan fingerprint density at radius 2 is 2.00 bits per heavy atom. The minimum absolute atomic E-state index is 0.677. The van der Waals surface area contributed by atoms with E-state index < -0.39 is 0 Å². The van der Waals surface area contributed by atoms with Crippen molar-refractivity contribution >= 4 is 0 Å². The Labute approximate surface area is 114 Å². The molecule has 0 aliphatic carbocycles. The number of hydrogen-bond acceptors (Lipinski definition) is 3. The van der Waals surface area contributed by atoms with Crippen molar-refractivity contribution in [1.29, 1.82) is 0 Å². The highest BCUT2D eigenvalue weighted by Gasteiger charge is 2.21. The standard InChI is InChI=1S/C15H33N3/c1-5-14(6-2)15(18(3)4)12-17-11-13-8-7-9-16-10-13/h13-17H,5-12H2,1-4H3. The number of rotatable bonds is 8. The minimum atomic E-state index is 0.677. The van der Waals surface area contributed by atoms with Gasteiger partial charge < -0.3 is 15.5 Å². The fourth-order valence-corrected chi connectivity index (χ4v) is 3.14. The van der Waals surface area contributed by atoms with Crippen LogP contribution in [0.1, 0.15) is 39.5 Å². The Morgan fingerprint density at radius 1 is 1.28 bits per heavy atom. The van der Waals surface area contributed by atoms with Crippen LogP contribution in [-0.2, 0) is 0 Å². The monoisotopic (exact) mass is 255 g/mol. The maximum atomic E-state index is 3.70. The lowest BCUT2D eigenvalue weighted by molar-refractivity contribution is 0.190. The summed E-state index contributed by atoms with van der Waals surface area (Å²) in [5.74, 6) is 1.65. The van der Waals surface area contributed by atoms with Crippen molar-refractivity contribution in [2.75, 3.05) is 40.3 Å². The molecule has 3 nitrogen and oxygen atoms in total. The fourth-order valence-electron chi connectivity index (χ4n) is 3.14. The number of nitrogens with zero attached hydrogens (tertiary/aromatic N) is 1. The molecule has 108 valence electrons. The highest BCUT2D eigenvalue weighted by molar-refractivity contribution is 4.78. The molecule has 1 saturated heterocycles. The van der Waals surface area contributed by atoms with E-state index in [1.807, 2.05) is 0 Å². The summed E-state index contributed by atoms with van der Waals surface area (Å²) in [6.45, 7) is 9.36. The minimum Gasteiger partial charge on any atom is -0.316 e. The Morgan fingerprint density at radius 3 is 2.50 bits per heavy atom. The Bertz CT molecular complexity index is 196. The van der Waals surface area contributed by atoms with Gasteiger partial charge in [-0.2, -0.15) is 0 Å². The molecule has 2 atom stereocenters. The van der Waals surface area contributed by atoms with Gasteiger partial charge in [-0.1, -0.05) is 26.7 Å². The first-order chi connectivity index (χ1) is 8.69. The molecule has 0 aromatic carbocycles. The summed E-state index contributed by atoms with van der Waals surface area (Å²) in [7, 11) is 4.43. The third-order valence-electron chi connectivity index (χ3n) is 4.44. The zero-order valence-electron chi connectivity index (χ0n) is 12.8. The van der Waals surface area contributed by atoms with Crippen molar-refractivity contribution in [2.24, 2.45) is 11.8 Å². The molecule has 1 aliphatic rings. The van der Waals surface area contributed by atoms with Gasteiger partial charge in [-0.3, -0.25) is 0 Å². The van der Waals surface area contributed by atoms with E-state index >= 15 is 0 Å². The lowest BCUT2D eigenvalue weighted by atomic mass is 9.93. The van der Waals surface area contributed by atoms with Crippen LogP contribution in [0.3, 0.4) is 0 Å². The van der Waals surface area contributed by atoms with Crippen molar-refractivity contribution in [3.8, 4) is 0 Å². The molecule has 0 bridgehead atoms. The van der Waals surface area contributed by atoms with Gasteiger partial charge in [0.15, 0.2) is 0 Å². The molecule has 1 fully saturated rings. The van der Waals surface area contributed by atoms with Crippen LogP contribution in [0.15, 0.2) is 0 Å². The van der Waals surface area contributed by atoms with E-state index in [9.17, 15) is 0 Å². The number of nitrogens with one attached hydrogen (secondary N) is 2. The average Bonchev–Trinajstić information content (AvgIpc) is 2.39. The fraction of sp³-hybridized carbons (Fsp3) is 1.00. The van der Waals surface area contributed by atoms with Gasteiger partial charge in [0.05, 0.1) is 0 Å².